The van der Waals surface area contributed by atoms with Crippen LogP contribution in [0.25, 0.3) is 0 Å². The maximum absolute atomic E-state index is 12.9. The molecule has 0 heterocycles. The molecule has 2 nitrogen and oxygen atoms in total. The van der Waals surface area contributed by atoms with Crippen LogP contribution in [0.4, 0.5) is 8.78 Å². The van der Waals surface area contributed by atoms with Gasteiger partial charge < -0.3 is 4.74 Å². The molecule has 0 aliphatic heterocycles. The summed E-state index contributed by atoms with van der Waals surface area (Å²) in [5, 5.41) is 0. The standard InChI is InChI=1S/C11H12F2O2/c1-6-4-9(12)10(13)5-11(6)15-8(3)7(2)14/h4-5,8H,1-3H3. The molecule has 1 aromatic carbocycles. The highest BCUT2D eigenvalue weighted by molar-refractivity contribution is 5.80. The quantitative estimate of drug-likeness (QED) is 0.773. The molecule has 4 heteroatoms. The molecule has 0 aliphatic rings. The summed E-state index contributed by atoms with van der Waals surface area (Å²) in [6.07, 6.45) is -0.659. The van der Waals surface area contributed by atoms with Gasteiger partial charge in [0, 0.05) is 6.07 Å². The number of benzene rings is 1. The van der Waals surface area contributed by atoms with Crippen LogP contribution in [0.15, 0.2) is 12.1 Å². The van der Waals surface area contributed by atoms with Crippen LogP contribution in [0.3, 0.4) is 0 Å². The molecule has 0 bridgehead atoms. The summed E-state index contributed by atoms with van der Waals surface area (Å²) in [5.74, 6) is -1.88. The molecule has 15 heavy (non-hydrogen) atoms. The van der Waals surface area contributed by atoms with E-state index in [0.29, 0.717) is 5.56 Å². The molecule has 1 atom stereocenters. The minimum Gasteiger partial charge on any atom is -0.483 e. The lowest BCUT2D eigenvalue weighted by atomic mass is 10.2. The molecule has 0 aliphatic carbocycles. The van der Waals surface area contributed by atoms with Gasteiger partial charge in [0.2, 0.25) is 0 Å². The van der Waals surface area contributed by atoms with Gasteiger partial charge in [-0.2, -0.15) is 0 Å². The van der Waals surface area contributed by atoms with Crippen LogP contribution in [-0.4, -0.2) is 11.9 Å². The van der Waals surface area contributed by atoms with Gasteiger partial charge in [0.25, 0.3) is 0 Å². The number of ketones is 1. The number of ether oxygens (including phenoxy) is 1. The van der Waals surface area contributed by atoms with E-state index in [2.05, 4.69) is 0 Å². The number of hydrogen-bond donors (Lipinski definition) is 0. The minimum absolute atomic E-state index is 0.167. The van der Waals surface area contributed by atoms with Crippen LogP contribution in [0.1, 0.15) is 19.4 Å². The van der Waals surface area contributed by atoms with E-state index in [1.165, 1.54) is 6.92 Å². The Hall–Kier alpha value is -1.45. The number of halogens is 2. The number of Topliss-reactive ketones (excluding diaryl/α,β-unsaturated/α-hetero) is 1. The second-order valence-electron chi connectivity index (χ2n) is 3.40. The molecular weight excluding hydrogens is 202 g/mol. The molecule has 82 valence electrons. The van der Waals surface area contributed by atoms with E-state index in [9.17, 15) is 13.6 Å². The normalized spacial score (nSPS) is 12.3. The van der Waals surface area contributed by atoms with Gasteiger partial charge in [-0.3, -0.25) is 4.79 Å². The van der Waals surface area contributed by atoms with E-state index in [-0.39, 0.29) is 11.5 Å². The first-order valence-corrected chi connectivity index (χ1v) is 4.54. The Balaban J connectivity index is 2.95. The largest absolute Gasteiger partial charge is 0.483 e. The molecule has 0 aromatic heterocycles. The highest BCUT2D eigenvalue weighted by atomic mass is 19.2. The maximum Gasteiger partial charge on any atom is 0.169 e. The van der Waals surface area contributed by atoms with Gasteiger partial charge in [0.05, 0.1) is 0 Å². The average Bonchev–Trinajstić information content (AvgIpc) is 2.13. The summed E-state index contributed by atoms with van der Waals surface area (Å²) in [4.78, 5) is 10.9. The van der Waals surface area contributed by atoms with Crippen molar-refractivity contribution in [2.45, 2.75) is 26.9 Å². The minimum atomic E-state index is -0.980. The third-order valence-electron chi connectivity index (χ3n) is 2.09. The zero-order valence-electron chi connectivity index (χ0n) is 8.80. The Labute approximate surface area is 86.9 Å². The van der Waals surface area contributed by atoms with Gasteiger partial charge in [0.15, 0.2) is 23.5 Å². The molecule has 0 spiro atoms. The van der Waals surface area contributed by atoms with Gasteiger partial charge in [-0.05, 0) is 32.4 Å². The predicted octanol–water partition coefficient (Wildman–Crippen LogP) is 2.63. The molecule has 0 amide bonds. The van der Waals surface area contributed by atoms with Crippen molar-refractivity contribution in [2.24, 2.45) is 0 Å². The van der Waals surface area contributed by atoms with Crippen molar-refractivity contribution in [3.05, 3.63) is 29.3 Å². The summed E-state index contributed by atoms with van der Waals surface area (Å²) in [6.45, 7) is 4.52. The Morgan fingerprint density at radius 1 is 1.33 bits per heavy atom. The number of rotatable bonds is 3. The van der Waals surface area contributed by atoms with E-state index in [1.54, 1.807) is 13.8 Å². The topological polar surface area (TPSA) is 26.3 Å². The van der Waals surface area contributed by atoms with Crippen LogP contribution in [0.5, 0.6) is 5.75 Å². The number of carbonyl (C=O) groups is 1. The summed E-state index contributed by atoms with van der Waals surface area (Å²) in [6, 6.07) is 1.99. The highest BCUT2D eigenvalue weighted by Crippen LogP contribution is 2.22. The van der Waals surface area contributed by atoms with E-state index in [1.807, 2.05) is 0 Å². The molecule has 0 N–H and O–H groups in total. The molecule has 0 saturated carbocycles. The second-order valence-corrected chi connectivity index (χ2v) is 3.40. The van der Waals surface area contributed by atoms with Gasteiger partial charge in [-0.25, -0.2) is 8.78 Å². The molecular formula is C11H12F2O2. The number of aryl methyl sites for hydroxylation is 1. The third-order valence-corrected chi connectivity index (χ3v) is 2.09. The van der Waals surface area contributed by atoms with Crippen molar-refractivity contribution in [1.29, 1.82) is 0 Å². The smallest absolute Gasteiger partial charge is 0.169 e. The van der Waals surface area contributed by atoms with Crippen LogP contribution in [0, 0.1) is 18.6 Å². The van der Waals surface area contributed by atoms with Crippen LogP contribution < -0.4 is 4.74 Å². The van der Waals surface area contributed by atoms with Crippen molar-refractivity contribution >= 4 is 5.78 Å². The van der Waals surface area contributed by atoms with Crippen LogP contribution in [0.2, 0.25) is 0 Å². The summed E-state index contributed by atoms with van der Waals surface area (Å²) >= 11 is 0. The predicted molar refractivity (Wildman–Crippen MR) is 51.9 cm³/mol. The monoisotopic (exact) mass is 214 g/mol. The van der Waals surface area contributed by atoms with Crippen molar-refractivity contribution < 1.29 is 18.3 Å². The SMILES string of the molecule is CC(=O)C(C)Oc1cc(F)c(F)cc1C. The number of hydrogen-bond acceptors (Lipinski definition) is 2. The first-order valence-electron chi connectivity index (χ1n) is 4.54. The second kappa shape index (κ2) is 4.38. The van der Waals surface area contributed by atoms with Gasteiger partial charge in [-0.1, -0.05) is 0 Å². The lowest BCUT2D eigenvalue weighted by Crippen LogP contribution is -2.21. The Morgan fingerprint density at radius 2 is 1.87 bits per heavy atom. The van der Waals surface area contributed by atoms with E-state index < -0.39 is 17.7 Å². The average molecular weight is 214 g/mol. The molecule has 0 saturated heterocycles. The Morgan fingerprint density at radius 3 is 2.40 bits per heavy atom. The first kappa shape index (κ1) is 11.6. The zero-order chi connectivity index (χ0) is 11.6. The van der Waals surface area contributed by atoms with E-state index >= 15 is 0 Å². The fraction of sp³-hybridized carbons (Fsp3) is 0.364. The summed E-state index contributed by atoms with van der Waals surface area (Å²) < 4.78 is 30.8. The first-order chi connectivity index (χ1) is 6.91. The van der Waals surface area contributed by atoms with Crippen LogP contribution >= 0.6 is 0 Å². The summed E-state index contributed by atoms with van der Waals surface area (Å²) in [5.41, 5.74) is 0.460. The lowest BCUT2D eigenvalue weighted by molar-refractivity contribution is -0.122. The van der Waals surface area contributed by atoms with E-state index in [0.717, 1.165) is 12.1 Å². The van der Waals surface area contributed by atoms with Gasteiger partial charge in [-0.15, -0.1) is 0 Å². The fourth-order valence-corrected chi connectivity index (χ4v) is 1.03. The maximum atomic E-state index is 12.9. The molecule has 1 aromatic rings. The van der Waals surface area contributed by atoms with Crippen molar-refractivity contribution in [1.82, 2.24) is 0 Å². The van der Waals surface area contributed by atoms with E-state index in [4.69, 9.17) is 4.74 Å². The Bertz CT molecular complexity index is 388. The van der Waals surface area contributed by atoms with Crippen molar-refractivity contribution in [3.8, 4) is 5.75 Å². The molecule has 1 rings (SSSR count). The van der Waals surface area contributed by atoms with Gasteiger partial charge >= 0.3 is 0 Å². The van der Waals surface area contributed by atoms with Crippen molar-refractivity contribution in [2.75, 3.05) is 0 Å². The molecule has 1 unspecified atom stereocenters. The van der Waals surface area contributed by atoms with Gasteiger partial charge in [0.1, 0.15) is 5.75 Å². The number of carbonyl (C=O) groups excluding carboxylic acids is 1. The van der Waals surface area contributed by atoms with Crippen LogP contribution in [-0.2, 0) is 4.79 Å². The third kappa shape index (κ3) is 2.75. The summed E-state index contributed by atoms with van der Waals surface area (Å²) in [7, 11) is 0. The fourth-order valence-electron chi connectivity index (χ4n) is 1.03. The van der Waals surface area contributed by atoms with Crippen molar-refractivity contribution in [3.63, 3.8) is 0 Å². The molecule has 0 fully saturated rings. The zero-order valence-corrected chi connectivity index (χ0v) is 8.80. The molecule has 0 radical (unpaired) electrons. The Kier molecular flexibility index (Phi) is 3.39. The lowest BCUT2D eigenvalue weighted by Gasteiger charge is -2.13. The highest BCUT2D eigenvalue weighted by Gasteiger charge is 2.13.